The van der Waals surface area contributed by atoms with Gasteiger partial charge in [0.1, 0.15) is 18.2 Å². The van der Waals surface area contributed by atoms with Crippen LogP contribution >= 0.6 is 7.82 Å². The van der Waals surface area contributed by atoms with Gasteiger partial charge in [-0.3, -0.25) is 37.8 Å². The number of hydrogen-bond donors (Lipinski definition) is 12. The maximum absolute atomic E-state index is 13.3. The number of nitrogens with zero attached hydrogens (tertiary/aromatic N) is 7. The number of carboxylic acid groups (broad SMARTS) is 1. The van der Waals surface area contributed by atoms with E-state index in [0.717, 1.165) is 7.11 Å². The molecule has 0 bridgehead atoms. The smallest absolute Gasteiger partial charge is 0.472 e. The number of phosphoric ester groups is 1. The number of aliphatic hydroxyl groups is 3. The van der Waals surface area contributed by atoms with E-state index in [9.17, 15) is 58.2 Å². The lowest BCUT2D eigenvalue weighted by molar-refractivity contribution is -0.139. The van der Waals surface area contributed by atoms with Gasteiger partial charge in [0, 0.05) is 37.7 Å². The number of carboxylic acids is 1. The van der Waals surface area contributed by atoms with Crippen LogP contribution in [-0.4, -0.2) is 145 Å². The maximum atomic E-state index is 13.3. The Morgan fingerprint density at radius 2 is 1.74 bits per heavy atom. The van der Waals surface area contributed by atoms with Crippen LogP contribution in [0.25, 0.3) is 22.3 Å². The van der Waals surface area contributed by atoms with E-state index in [1.807, 2.05) is 6.92 Å². The lowest BCUT2D eigenvalue weighted by Gasteiger charge is -2.24. The second kappa shape index (κ2) is 23.2. The number of fused-ring (bicyclic) bond motifs is 2. The number of phosphoric acid groups is 1. The Morgan fingerprint density at radius 3 is 2.38 bits per heavy atom. The molecule has 30 heteroatoms. The number of carbonyl (C=O) groups is 4. The van der Waals surface area contributed by atoms with E-state index in [0.29, 0.717) is 17.8 Å². The van der Waals surface area contributed by atoms with Gasteiger partial charge < -0.3 is 62.8 Å². The minimum Gasteiger partial charge on any atom is -0.480 e. The number of nitrogen functional groups attached to an aromatic ring is 2. The van der Waals surface area contributed by atoms with Gasteiger partial charge in [0.2, 0.25) is 17.8 Å². The average Bonchev–Trinajstić information content (AvgIpc) is 3.85. The molecule has 5 unspecified atom stereocenters. The van der Waals surface area contributed by atoms with Gasteiger partial charge in [0.15, 0.2) is 34.4 Å². The molecule has 368 valence electrons. The first kappa shape index (κ1) is 52.1. The fraction of sp³-hybridized carbons (Fsp3) is 0.447. The molecule has 3 amide bonds. The number of carbonyl (C=O) groups excluding carboxylic acids is 3. The van der Waals surface area contributed by atoms with E-state index < -0.39 is 92.5 Å². The summed E-state index contributed by atoms with van der Waals surface area (Å²) < 4.78 is 40.8. The first-order valence-corrected chi connectivity index (χ1v) is 22.0. The quantitative estimate of drug-likeness (QED) is 0.0315. The number of amides is 3. The summed E-state index contributed by atoms with van der Waals surface area (Å²) in [5.41, 5.74) is 12.2. The minimum atomic E-state index is -4.35. The molecule has 6 rings (SSSR count). The third-order valence-corrected chi connectivity index (χ3v) is 11.2. The highest BCUT2D eigenvalue weighted by Gasteiger charge is 2.43. The molecule has 0 saturated carbocycles. The van der Waals surface area contributed by atoms with Gasteiger partial charge in [-0.25, -0.2) is 24.3 Å². The Hall–Kier alpha value is -6.85. The van der Waals surface area contributed by atoms with E-state index in [1.165, 1.54) is 36.1 Å². The Labute approximate surface area is 383 Å². The van der Waals surface area contributed by atoms with Crippen LogP contribution in [0.2, 0.25) is 0 Å². The maximum Gasteiger partial charge on any atom is 0.472 e. The SMILES string of the molecule is CC[C@H]1O[C@@H](n2cnc3c(N)nc(F)nc32)[C@@H](O)C1O.COP(=O)(O)OC(C)C(CO)NC(=O)CCNC(=O)CCC(NC(=O)c1ccc(NCc2cnc3nc(N)[nH]c(=O)c3n2)cc1)C(=O)O. The number of hydrogen-bond acceptors (Lipinski definition) is 21. The molecular weight excluding hydrogens is 926 g/mol. The lowest BCUT2D eigenvalue weighted by Crippen LogP contribution is -2.46. The van der Waals surface area contributed by atoms with Gasteiger partial charge in [-0.1, -0.05) is 6.92 Å². The van der Waals surface area contributed by atoms with Crippen molar-refractivity contribution in [2.45, 2.75) is 88.8 Å². The van der Waals surface area contributed by atoms with E-state index >= 15 is 0 Å². The standard InChI is InChI=1S/C27H36N9O11P.C11H14FN5O3/c1-14(47-48(44,45)46-2)19(13-37)33-21(39)9-10-29-20(38)8-7-18(26(42)43)34-24(40)15-3-5-16(6-4-15)30-11-17-12-31-23-22(32-17)25(41)36-27(28)35-23;1-2-4-6(18)7(19)10(20-4)17-3-14-5-8(13)15-11(12)16-9(5)17/h3-6,12,14,18-19,30,37H,7-11,13H2,1-2H3,(H,29,38)(H,33,39)(H,34,40)(H,42,43)(H,44,45)(H3,28,31,35,36,41);3-4,6-7,10,18-19H,2H2,1H3,(H2,13,15,16)/t;4-,6?,7+,10-/m.1/s1. The van der Waals surface area contributed by atoms with Gasteiger partial charge in [-0.05, 0) is 44.0 Å². The van der Waals surface area contributed by atoms with E-state index in [-0.39, 0.29) is 72.0 Å². The topological polar surface area (TPSA) is 429 Å². The van der Waals surface area contributed by atoms with Gasteiger partial charge in [-0.2, -0.15) is 19.3 Å². The number of rotatable bonds is 20. The van der Waals surface area contributed by atoms with Crippen molar-refractivity contribution in [2.75, 3.05) is 37.0 Å². The fourth-order valence-electron chi connectivity index (χ4n) is 6.48. The number of benzene rings is 1. The number of nitrogens with two attached hydrogens (primary N) is 2. The number of ether oxygens (including phenoxy) is 1. The average molecular weight is 977 g/mol. The second-order valence-corrected chi connectivity index (χ2v) is 16.4. The number of halogens is 1. The molecule has 0 radical (unpaired) electrons. The molecular formula is C38H50FN14O14P. The molecule has 14 N–H and O–H groups in total. The fourth-order valence-corrected chi connectivity index (χ4v) is 7.13. The third kappa shape index (κ3) is 13.6. The number of nitrogens with one attached hydrogen (secondary N) is 5. The van der Waals surface area contributed by atoms with Crippen LogP contribution in [0.5, 0.6) is 0 Å². The van der Waals surface area contributed by atoms with Crippen molar-refractivity contribution in [1.82, 2.24) is 55.4 Å². The normalized spacial score (nSPS) is 18.9. The Kier molecular flexibility index (Phi) is 17.8. The number of aromatic amines is 1. The summed E-state index contributed by atoms with van der Waals surface area (Å²) in [6.45, 7) is 2.63. The van der Waals surface area contributed by atoms with Gasteiger partial charge in [0.25, 0.3) is 11.5 Å². The number of imidazole rings is 1. The number of aliphatic carboxylic acids is 1. The molecule has 28 nitrogen and oxygen atoms in total. The van der Waals surface area contributed by atoms with Crippen LogP contribution in [0.1, 0.15) is 61.8 Å². The number of anilines is 3. The van der Waals surface area contributed by atoms with Crippen molar-refractivity contribution < 1.29 is 67.2 Å². The summed E-state index contributed by atoms with van der Waals surface area (Å²) in [5.74, 6) is -3.38. The van der Waals surface area contributed by atoms with Crippen LogP contribution in [0.3, 0.4) is 0 Å². The zero-order valence-corrected chi connectivity index (χ0v) is 37.4. The Balaban J connectivity index is 0.000000355. The minimum absolute atomic E-state index is 0.0283. The predicted octanol–water partition coefficient (Wildman–Crippen LogP) is -1.42. The van der Waals surface area contributed by atoms with Crippen LogP contribution in [0.15, 0.2) is 41.6 Å². The molecule has 5 heterocycles. The van der Waals surface area contributed by atoms with Crippen LogP contribution < -0.4 is 38.3 Å². The number of aliphatic hydroxyl groups excluding tert-OH is 3. The summed E-state index contributed by atoms with van der Waals surface area (Å²) in [4.78, 5) is 95.9. The second-order valence-electron chi connectivity index (χ2n) is 14.9. The van der Waals surface area contributed by atoms with Crippen LogP contribution in [0, 0.1) is 6.08 Å². The Bertz CT molecular complexity index is 2700. The van der Waals surface area contributed by atoms with Crippen molar-refractivity contribution in [1.29, 1.82) is 0 Å². The molecule has 1 aliphatic heterocycles. The summed E-state index contributed by atoms with van der Waals surface area (Å²) in [7, 11) is -3.39. The number of aromatic nitrogens is 8. The highest BCUT2D eigenvalue weighted by Crippen LogP contribution is 2.43. The zero-order valence-electron chi connectivity index (χ0n) is 36.5. The van der Waals surface area contributed by atoms with Crippen LogP contribution in [0.4, 0.5) is 21.8 Å². The molecule has 1 saturated heterocycles. The van der Waals surface area contributed by atoms with Gasteiger partial charge >= 0.3 is 19.9 Å². The van der Waals surface area contributed by atoms with Gasteiger partial charge in [0.05, 0.1) is 49.6 Å². The molecule has 8 atom stereocenters. The summed E-state index contributed by atoms with van der Waals surface area (Å²) >= 11 is 0. The molecule has 68 heavy (non-hydrogen) atoms. The largest absolute Gasteiger partial charge is 0.480 e. The Morgan fingerprint density at radius 1 is 1.01 bits per heavy atom. The zero-order chi connectivity index (χ0) is 49.9. The van der Waals surface area contributed by atoms with Crippen LogP contribution in [-0.2, 0) is 39.3 Å². The van der Waals surface area contributed by atoms with Crippen molar-refractivity contribution in [2.24, 2.45) is 0 Å². The molecule has 1 fully saturated rings. The lowest BCUT2D eigenvalue weighted by atomic mass is 10.1. The number of H-pyrrole nitrogens is 1. The van der Waals surface area contributed by atoms with Crippen molar-refractivity contribution in [3.63, 3.8) is 0 Å². The van der Waals surface area contributed by atoms with E-state index in [4.69, 9.17) is 20.7 Å². The van der Waals surface area contributed by atoms with E-state index in [2.05, 4.69) is 60.7 Å². The molecule has 1 aliphatic rings. The highest BCUT2D eigenvalue weighted by atomic mass is 31.2. The molecule has 5 aromatic rings. The molecule has 0 spiro atoms. The highest BCUT2D eigenvalue weighted by molar-refractivity contribution is 7.47. The summed E-state index contributed by atoms with van der Waals surface area (Å²) in [6, 6.07) is 3.68. The van der Waals surface area contributed by atoms with Crippen molar-refractivity contribution in [3.05, 3.63) is 64.5 Å². The predicted molar refractivity (Wildman–Crippen MR) is 234 cm³/mol. The third-order valence-electron chi connectivity index (χ3n) is 10.1. The summed E-state index contributed by atoms with van der Waals surface area (Å²) in [6.07, 6.45) is -3.08. The first-order valence-electron chi connectivity index (χ1n) is 20.5. The van der Waals surface area contributed by atoms with Crippen molar-refractivity contribution >= 4 is 71.3 Å². The molecule has 0 aliphatic carbocycles. The first-order chi connectivity index (χ1) is 32.2. The monoisotopic (exact) mass is 976 g/mol. The van der Waals surface area contributed by atoms with Crippen molar-refractivity contribution in [3.8, 4) is 0 Å². The molecule has 4 aromatic heterocycles. The summed E-state index contributed by atoms with van der Waals surface area (Å²) in [5, 5.41) is 49.3. The van der Waals surface area contributed by atoms with Gasteiger partial charge in [-0.15, -0.1) is 0 Å². The van der Waals surface area contributed by atoms with E-state index in [1.54, 1.807) is 12.1 Å². The molecule has 1 aromatic carbocycles.